The van der Waals surface area contributed by atoms with Crippen molar-refractivity contribution < 1.29 is 0 Å². The SMILES string of the molecule is Cc1cc(C)c2c(n1)sc1c(N=P(c3ccccc3)(c3ccccc3)c3ccccc3)ncnc12. The molecule has 6 aromatic rings. The van der Waals surface area contributed by atoms with Gasteiger partial charge in [-0.15, -0.1) is 11.3 Å². The molecular weight excluding hydrogens is 467 g/mol. The zero-order valence-corrected chi connectivity index (χ0v) is 21.2. The third-order valence-electron chi connectivity index (χ3n) is 6.17. The lowest BCUT2D eigenvalue weighted by Crippen LogP contribution is -2.25. The molecule has 170 valence electrons. The highest BCUT2D eigenvalue weighted by atomic mass is 32.1. The molecule has 0 aliphatic carbocycles. The molecule has 0 saturated heterocycles. The second kappa shape index (κ2) is 8.84. The molecule has 0 amide bonds. The van der Waals surface area contributed by atoms with Gasteiger partial charge in [0.05, 0.1) is 12.6 Å². The summed E-state index contributed by atoms with van der Waals surface area (Å²) in [6.07, 6.45) is 1.64. The standard InChI is InChI=1S/C29H23N4PS/c1-20-18-21(2)32-29-25(20)26-27(35-29)28(31-19-30-26)33-34(22-12-6-3-7-13-22,23-14-8-4-9-15-23)24-16-10-5-11-17-24/h3-19H,1-2H3. The molecule has 0 fully saturated rings. The van der Waals surface area contributed by atoms with E-state index in [1.807, 2.05) is 6.92 Å². The Kier molecular flexibility index (Phi) is 5.52. The molecule has 0 aliphatic rings. The molecule has 6 heteroatoms. The first-order valence-corrected chi connectivity index (χ1v) is 14.0. The summed E-state index contributed by atoms with van der Waals surface area (Å²) in [6, 6.07) is 34.0. The first kappa shape index (κ1) is 21.8. The van der Waals surface area contributed by atoms with Crippen LogP contribution in [-0.4, -0.2) is 15.0 Å². The minimum atomic E-state index is -2.42. The average Bonchev–Trinajstić information content (AvgIpc) is 3.28. The Hall–Kier alpha value is -3.66. The summed E-state index contributed by atoms with van der Waals surface area (Å²) in [5, 5.41) is 4.67. The van der Waals surface area contributed by atoms with Gasteiger partial charge in [-0.05, 0) is 25.5 Å². The van der Waals surface area contributed by atoms with Gasteiger partial charge in [0, 0.05) is 27.0 Å². The number of fused-ring (bicyclic) bond motifs is 3. The summed E-state index contributed by atoms with van der Waals surface area (Å²) in [6.45, 7) is 4.15. The third-order valence-corrected chi connectivity index (χ3v) is 10.9. The Balaban J connectivity index is 1.78. The topological polar surface area (TPSA) is 51.0 Å². The molecule has 3 aromatic carbocycles. The summed E-state index contributed by atoms with van der Waals surface area (Å²) in [5.41, 5.74) is 3.11. The van der Waals surface area contributed by atoms with E-state index in [1.165, 1.54) is 21.5 Å². The zero-order valence-electron chi connectivity index (χ0n) is 19.5. The maximum atomic E-state index is 5.62. The molecule has 0 spiro atoms. The van der Waals surface area contributed by atoms with Crippen molar-refractivity contribution in [3.05, 3.63) is 115 Å². The number of thiophene rings is 1. The van der Waals surface area contributed by atoms with Crippen molar-refractivity contribution >= 4 is 60.6 Å². The highest BCUT2D eigenvalue weighted by Crippen LogP contribution is 2.50. The molecule has 0 bridgehead atoms. The maximum absolute atomic E-state index is 5.62. The fourth-order valence-electron chi connectivity index (χ4n) is 4.66. The number of aromatic nitrogens is 3. The lowest BCUT2D eigenvalue weighted by atomic mass is 10.1. The van der Waals surface area contributed by atoms with Crippen LogP contribution in [0.4, 0.5) is 5.82 Å². The summed E-state index contributed by atoms with van der Waals surface area (Å²) < 4.78 is 6.60. The Morgan fingerprint density at radius 1 is 0.714 bits per heavy atom. The Morgan fingerprint density at radius 2 is 1.26 bits per heavy atom. The molecule has 4 nitrogen and oxygen atoms in total. The largest absolute Gasteiger partial charge is 0.242 e. The molecule has 35 heavy (non-hydrogen) atoms. The summed E-state index contributed by atoms with van der Waals surface area (Å²) in [7, 11) is -2.42. The molecule has 0 N–H and O–H groups in total. The van der Waals surface area contributed by atoms with Crippen LogP contribution in [0.1, 0.15) is 11.3 Å². The number of nitrogens with zero attached hydrogens (tertiary/aromatic N) is 4. The van der Waals surface area contributed by atoms with Gasteiger partial charge in [-0.2, -0.15) is 0 Å². The second-order valence-corrected chi connectivity index (χ2v) is 12.5. The molecule has 3 heterocycles. The van der Waals surface area contributed by atoms with E-state index >= 15 is 0 Å². The number of aryl methyl sites for hydroxylation is 2. The van der Waals surface area contributed by atoms with Crippen molar-refractivity contribution in [2.45, 2.75) is 13.8 Å². The first-order valence-electron chi connectivity index (χ1n) is 11.5. The van der Waals surface area contributed by atoms with Crippen LogP contribution in [0.3, 0.4) is 0 Å². The van der Waals surface area contributed by atoms with Gasteiger partial charge in [0.15, 0.2) is 5.82 Å². The monoisotopic (exact) mass is 490 g/mol. The van der Waals surface area contributed by atoms with Crippen molar-refractivity contribution in [3.63, 3.8) is 0 Å². The first-order chi connectivity index (χ1) is 17.2. The number of hydrogen-bond acceptors (Lipinski definition) is 5. The van der Waals surface area contributed by atoms with Crippen molar-refractivity contribution in [1.82, 2.24) is 15.0 Å². The van der Waals surface area contributed by atoms with Gasteiger partial charge >= 0.3 is 0 Å². The summed E-state index contributed by atoms with van der Waals surface area (Å²) in [5.74, 6) is 0.722. The van der Waals surface area contributed by atoms with Crippen molar-refractivity contribution in [2.75, 3.05) is 0 Å². The van der Waals surface area contributed by atoms with E-state index in [9.17, 15) is 0 Å². The van der Waals surface area contributed by atoms with E-state index in [2.05, 4.69) is 109 Å². The molecule has 0 radical (unpaired) electrons. The van der Waals surface area contributed by atoms with Crippen LogP contribution in [0.2, 0.25) is 0 Å². The fourth-order valence-corrected chi connectivity index (χ4v) is 9.40. The van der Waals surface area contributed by atoms with E-state index in [0.717, 1.165) is 31.9 Å². The highest BCUT2D eigenvalue weighted by molar-refractivity contribution is 7.87. The van der Waals surface area contributed by atoms with Gasteiger partial charge in [0.25, 0.3) is 0 Å². The van der Waals surface area contributed by atoms with Crippen LogP contribution in [0.15, 0.2) is 108 Å². The summed E-state index contributed by atoms with van der Waals surface area (Å²) >= 11 is 1.63. The minimum absolute atomic E-state index is 0.722. The fraction of sp³-hybridized carbons (Fsp3) is 0.0690. The van der Waals surface area contributed by atoms with Crippen LogP contribution < -0.4 is 15.9 Å². The van der Waals surface area contributed by atoms with Crippen LogP contribution in [0, 0.1) is 13.8 Å². The average molecular weight is 491 g/mol. The second-order valence-electron chi connectivity index (χ2n) is 8.48. The minimum Gasteiger partial charge on any atom is -0.242 e. The van der Waals surface area contributed by atoms with Gasteiger partial charge in [-0.25, -0.2) is 19.7 Å². The number of rotatable bonds is 4. The smallest absolute Gasteiger partial charge is 0.172 e. The van der Waals surface area contributed by atoms with E-state index in [-0.39, 0.29) is 0 Å². The predicted molar refractivity (Wildman–Crippen MR) is 149 cm³/mol. The third kappa shape index (κ3) is 3.68. The Bertz CT molecular complexity index is 1610. The lowest BCUT2D eigenvalue weighted by molar-refractivity contribution is 1.21. The predicted octanol–water partition coefficient (Wildman–Crippen LogP) is 6.67. The highest BCUT2D eigenvalue weighted by Gasteiger charge is 2.28. The van der Waals surface area contributed by atoms with Gasteiger partial charge < -0.3 is 0 Å². The molecular formula is C29H23N4PS. The Morgan fingerprint density at radius 3 is 1.80 bits per heavy atom. The van der Waals surface area contributed by atoms with E-state index in [0.29, 0.717) is 0 Å². The molecule has 0 saturated carbocycles. The van der Waals surface area contributed by atoms with Gasteiger partial charge in [-0.1, -0.05) is 91.0 Å². The van der Waals surface area contributed by atoms with Crippen molar-refractivity contribution in [2.24, 2.45) is 4.74 Å². The lowest BCUT2D eigenvalue weighted by Gasteiger charge is -2.26. The van der Waals surface area contributed by atoms with Crippen LogP contribution in [0.5, 0.6) is 0 Å². The Labute approximate surface area is 208 Å². The molecule has 0 unspecified atom stereocenters. The molecule has 3 aromatic heterocycles. The molecule has 0 atom stereocenters. The van der Waals surface area contributed by atoms with Crippen molar-refractivity contribution in [1.29, 1.82) is 0 Å². The van der Waals surface area contributed by atoms with Gasteiger partial charge in [0.2, 0.25) is 0 Å². The van der Waals surface area contributed by atoms with E-state index in [4.69, 9.17) is 14.7 Å². The normalized spacial score (nSPS) is 11.7. The number of benzene rings is 3. The van der Waals surface area contributed by atoms with Crippen molar-refractivity contribution in [3.8, 4) is 0 Å². The maximum Gasteiger partial charge on any atom is 0.172 e. The van der Waals surface area contributed by atoms with E-state index < -0.39 is 7.05 Å². The number of pyridine rings is 1. The molecule has 6 rings (SSSR count). The van der Waals surface area contributed by atoms with Crippen LogP contribution in [-0.2, 0) is 0 Å². The summed E-state index contributed by atoms with van der Waals surface area (Å²) in [4.78, 5) is 15.2. The quantitative estimate of drug-likeness (QED) is 0.260. The van der Waals surface area contributed by atoms with Crippen LogP contribution >= 0.6 is 18.4 Å². The van der Waals surface area contributed by atoms with E-state index in [1.54, 1.807) is 17.7 Å². The van der Waals surface area contributed by atoms with Gasteiger partial charge in [0.1, 0.15) is 15.9 Å². The number of hydrogen-bond donors (Lipinski definition) is 0. The van der Waals surface area contributed by atoms with Gasteiger partial charge in [-0.3, -0.25) is 0 Å². The molecule has 0 aliphatic heterocycles. The van der Waals surface area contributed by atoms with Crippen LogP contribution in [0.25, 0.3) is 20.4 Å². The zero-order chi connectivity index (χ0) is 23.8.